The highest BCUT2D eigenvalue weighted by Crippen LogP contribution is 2.29. The zero-order valence-electron chi connectivity index (χ0n) is 25.3. The smallest absolute Gasteiger partial charge is 0.298 e. The van der Waals surface area contributed by atoms with Crippen molar-refractivity contribution in [1.82, 2.24) is 9.55 Å². The van der Waals surface area contributed by atoms with E-state index in [2.05, 4.69) is 34.2 Å². The fraction of sp³-hybridized carbons (Fsp3) is 0.324. The average molecular weight is 582 g/mol. The molecular formula is C34H39N5O4. The third-order valence-corrected chi connectivity index (χ3v) is 7.64. The standard InChI is InChI=1S/C34H39N5O4/c1-24-20-25(2)35-31(21-24)38-16-14-37(15-17-38)29-12-10-28(11-13-29)36-34(41)33(40)32-30(27-8-6-5-7-9-27)22-26(3)39(32)23-43-19-18-42-4/h5-13,20-22H,14-19,23H2,1-4H3,(H,36,41). The first-order chi connectivity index (χ1) is 20.8. The van der Waals surface area contributed by atoms with Crippen molar-refractivity contribution in [3.05, 3.63) is 95.4 Å². The molecule has 1 aliphatic rings. The molecule has 0 atom stereocenters. The number of carbonyl (C=O) groups is 2. The van der Waals surface area contributed by atoms with Gasteiger partial charge in [0.1, 0.15) is 18.2 Å². The van der Waals surface area contributed by atoms with Crippen molar-refractivity contribution in [2.24, 2.45) is 0 Å². The Morgan fingerprint density at radius 3 is 2.23 bits per heavy atom. The number of rotatable bonds is 11. The minimum absolute atomic E-state index is 0.137. The number of pyridine rings is 1. The number of hydrogen-bond acceptors (Lipinski definition) is 7. The second-order valence-corrected chi connectivity index (χ2v) is 10.8. The number of nitrogens with zero attached hydrogens (tertiary/aromatic N) is 4. The van der Waals surface area contributed by atoms with Crippen molar-refractivity contribution in [3.63, 3.8) is 0 Å². The molecule has 0 radical (unpaired) electrons. The Morgan fingerprint density at radius 1 is 0.860 bits per heavy atom. The Hall–Kier alpha value is -4.47. The van der Waals surface area contributed by atoms with E-state index in [1.54, 1.807) is 11.7 Å². The van der Waals surface area contributed by atoms with Crippen LogP contribution in [0.25, 0.3) is 11.1 Å². The molecule has 9 nitrogen and oxygen atoms in total. The molecular weight excluding hydrogens is 542 g/mol. The van der Waals surface area contributed by atoms with Gasteiger partial charge in [-0.05, 0) is 74.4 Å². The first-order valence-electron chi connectivity index (χ1n) is 14.6. The number of hydrogen-bond donors (Lipinski definition) is 1. The monoisotopic (exact) mass is 581 g/mol. The number of benzene rings is 2. The molecule has 1 amide bonds. The van der Waals surface area contributed by atoms with Gasteiger partial charge in [0.25, 0.3) is 11.7 Å². The maximum Gasteiger partial charge on any atom is 0.298 e. The van der Waals surface area contributed by atoms with Crippen LogP contribution in [0.15, 0.2) is 72.8 Å². The topological polar surface area (TPSA) is 88.9 Å². The molecule has 1 aliphatic heterocycles. The van der Waals surface area contributed by atoms with Crippen molar-refractivity contribution >= 4 is 28.9 Å². The second kappa shape index (κ2) is 13.7. The van der Waals surface area contributed by atoms with Gasteiger partial charge in [-0.3, -0.25) is 9.59 Å². The number of ether oxygens (including phenoxy) is 2. The van der Waals surface area contributed by atoms with Gasteiger partial charge in [0.2, 0.25) is 0 Å². The summed E-state index contributed by atoms with van der Waals surface area (Å²) < 4.78 is 12.6. The summed E-state index contributed by atoms with van der Waals surface area (Å²) in [6.07, 6.45) is 0. The maximum atomic E-state index is 13.6. The van der Waals surface area contributed by atoms with E-state index in [9.17, 15) is 9.59 Å². The molecule has 1 saturated heterocycles. The summed E-state index contributed by atoms with van der Waals surface area (Å²) in [5.41, 5.74) is 6.56. The van der Waals surface area contributed by atoms with Gasteiger partial charge in [-0.2, -0.15) is 0 Å². The predicted molar refractivity (Wildman–Crippen MR) is 170 cm³/mol. The Kier molecular flexibility index (Phi) is 9.54. The number of anilines is 3. The van der Waals surface area contributed by atoms with E-state index in [-0.39, 0.29) is 6.73 Å². The Balaban J connectivity index is 1.26. The lowest BCUT2D eigenvalue weighted by molar-refractivity contribution is -0.112. The third kappa shape index (κ3) is 7.13. The summed E-state index contributed by atoms with van der Waals surface area (Å²) in [5, 5.41) is 2.80. The van der Waals surface area contributed by atoms with E-state index in [1.165, 1.54) is 5.56 Å². The molecule has 4 aromatic rings. The van der Waals surface area contributed by atoms with Gasteiger partial charge >= 0.3 is 0 Å². The highest BCUT2D eigenvalue weighted by Gasteiger charge is 2.27. The van der Waals surface area contributed by atoms with E-state index < -0.39 is 11.7 Å². The van der Waals surface area contributed by atoms with E-state index in [4.69, 9.17) is 14.5 Å². The van der Waals surface area contributed by atoms with Crippen LogP contribution in [0, 0.1) is 20.8 Å². The number of amides is 1. The quantitative estimate of drug-likeness (QED) is 0.147. The van der Waals surface area contributed by atoms with E-state index >= 15 is 0 Å². The summed E-state index contributed by atoms with van der Waals surface area (Å²) in [5.74, 6) is -0.295. The normalized spacial score (nSPS) is 13.3. The highest BCUT2D eigenvalue weighted by molar-refractivity contribution is 6.47. The number of aromatic nitrogens is 2. The van der Waals surface area contributed by atoms with Gasteiger partial charge in [-0.15, -0.1) is 0 Å². The second-order valence-electron chi connectivity index (χ2n) is 10.8. The molecule has 3 heterocycles. The first kappa shape index (κ1) is 30.0. The fourth-order valence-corrected chi connectivity index (χ4v) is 5.45. The number of methoxy groups -OCH3 is 1. The van der Waals surface area contributed by atoms with Gasteiger partial charge in [0.05, 0.1) is 13.2 Å². The van der Waals surface area contributed by atoms with Crippen molar-refractivity contribution < 1.29 is 19.1 Å². The molecule has 0 unspecified atom stereocenters. The maximum absolute atomic E-state index is 13.6. The molecule has 2 aromatic heterocycles. The Morgan fingerprint density at radius 2 is 1.56 bits per heavy atom. The summed E-state index contributed by atoms with van der Waals surface area (Å²) >= 11 is 0. The summed E-state index contributed by atoms with van der Waals surface area (Å²) in [4.78, 5) is 36.3. The molecule has 0 spiro atoms. The summed E-state index contributed by atoms with van der Waals surface area (Å²) in [6, 6.07) is 23.4. The molecule has 224 valence electrons. The molecule has 9 heteroatoms. The van der Waals surface area contributed by atoms with Crippen molar-refractivity contribution in [2.75, 3.05) is 61.6 Å². The Labute approximate surface area is 253 Å². The molecule has 0 aliphatic carbocycles. The largest absolute Gasteiger partial charge is 0.382 e. The molecule has 1 fully saturated rings. The third-order valence-electron chi connectivity index (χ3n) is 7.64. The SMILES string of the molecule is COCCOCn1c(C)cc(-c2ccccc2)c1C(=O)C(=O)Nc1ccc(N2CCN(c3cc(C)cc(C)n3)CC2)cc1. The molecule has 2 aromatic carbocycles. The van der Waals surface area contributed by atoms with Crippen molar-refractivity contribution in [3.8, 4) is 11.1 Å². The molecule has 1 N–H and O–H groups in total. The van der Waals surface area contributed by atoms with E-state index in [0.29, 0.717) is 30.2 Å². The van der Waals surface area contributed by atoms with Crippen LogP contribution < -0.4 is 15.1 Å². The van der Waals surface area contributed by atoms with Crippen molar-refractivity contribution in [1.29, 1.82) is 0 Å². The van der Waals surface area contributed by atoms with Crippen LogP contribution >= 0.6 is 0 Å². The molecule has 5 rings (SSSR count). The lowest BCUT2D eigenvalue weighted by atomic mass is 10.0. The number of piperazine rings is 1. The van der Waals surface area contributed by atoms with Gasteiger partial charge in [0, 0.05) is 61.6 Å². The number of Topliss-reactive ketones (excluding diaryl/α,β-unsaturated/α-hetero) is 1. The predicted octanol–water partition coefficient (Wildman–Crippen LogP) is 5.24. The highest BCUT2D eigenvalue weighted by atomic mass is 16.5. The molecule has 0 bridgehead atoms. The van der Waals surface area contributed by atoms with E-state index in [0.717, 1.165) is 54.6 Å². The fourth-order valence-electron chi connectivity index (χ4n) is 5.45. The Bertz CT molecular complexity index is 1540. The molecule has 43 heavy (non-hydrogen) atoms. The number of carbonyl (C=O) groups excluding carboxylic acids is 2. The lowest BCUT2D eigenvalue weighted by Gasteiger charge is -2.37. The number of ketones is 1. The average Bonchev–Trinajstić information content (AvgIpc) is 3.35. The van der Waals surface area contributed by atoms with Crippen LogP contribution in [-0.2, 0) is 21.0 Å². The van der Waals surface area contributed by atoms with Crippen LogP contribution in [0.3, 0.4) is 0 Å². The van der Waals surface area contributed by atoms with Crippen LogP contribution in [-0.4, -0.2) is 67.7 Å². The zero-order valence-corrected chi connectivity index (χ0v) is 25.3. The first-order valence-corrected chi connectivity index (χ1v) is 14.6. The van der Waals surface area contributed by atoms with Gasteiger partial charge in [-0.25, -0.2) is 4.98 Å². The summed E-state index contributed by atoms with van der Waals surface area (Å²) in [6.45, 7) is 10.5. The lowest BCUT2D eigenvalue weighted by Crippen LogP contribution is -2.46. The van der Waals surface area contributed by atoms with Crippen LogP contribution in [0.1, 0.15) is 27.4 Å². The molecule has 0 saturated carbocycles. The van der Waals surface area contributed by atoms with Crippen LogP contribution in [0.4, 0.5) is 17.2 Å². The van der Waals surface area contributed by atoms with Crippen LogP contribution in [0.2, 0.25) is 0 Å². The number of aryl methyl sites for hydroxylation is 3. The van der Waals surface area contributed by atoms with E-state index in [1.807, 2.05) is 74.5 Å². The summed E-state index contributed by atoms with van der Waals surface area (Å²) in [7, 11) is 1.61. The minimum Gasteiger partial charge on any atom is -0.382 e. The van der Waals surface area contributed by atoms with Crippen molar-refractivity contribution in [2.45, 2.75) is 27.5 Å². The zero-order chi connectivity index (χ0) is 30.3. The van der Waals surface area contributed by atoms with Gasteiger partial charge in [-0.1, -0.05) is 30.3 Å². The minimum atomic E-state index is -0.698. The van der Waals surface area contributed by atoms with Gasteiger partial charge in [0.15, 0.2) is 0 Å². The van der Waals surface area contributed by atoms with Crippen LogP contribution in [0.5, 0.6) is 0 Å². The number of nitrogens with one attached hydrogen (secondary N) is 1. The van der Waals surface area contributed by atoms with Gasteiger partial charge < -0.3 is 29.2 Å².